The number of nitrogen functional groups attached to an aromatic ring is 1. The van der Waals surface area contributed by atoms with Gasteiger partial charge in [-0.05, 0) is 30.7 Å². The lowest BCUT2D eigenvalue weighted by atomic mass is 9.98. The van der Waals surface area contributed by atoms with E-state index in [1.807, 2.05) is 19.2 Å². The number of aryl methyl sites for hydroxylation is 1. The third-order valence-electron chi connectivity index (χ3n) is 3.19. The third kappa shape index (κ3) is 2.51. The number of anilines is 1. The number of pyridine rings is 1. The highest BCUT2D eigenvalue weighted by molar-refractivity contribution is 5.45. The Hall–Kier alpha value is -1.87. The SMILES string of the molecule is CCc1ccc(C(NC)c2cccnc2N)cc1. The van der Waals surface area contributed by atoms with Gasteiger partial charge in [0.05, 0.1) is 6.04 Å². The monoisotopic (exact) mass is 241 g/mol. The van der Waals surface area contributed by atoms with Crippen LogP contribution in [0.15, 0.2) is 42.6 Å². The number of nitrogens with zero attached hydrogens (tertiary/aromatic N) is 1. The van der Waals surface area contributed by atoms with E-state index >= 15 is 0 Å². The molecule has 1 aromatic heterocycles. The summed E-state index contributed by atoms with van der Waals surface area (Å²) in [4.78, 5) is 4.14. The highest BCUT2D eigenvalue weighted by Gasteiger charge is 2.14. The lowest BCUT2D eigenvalue weighted by molar-refractivity contribution is 0.691. The number of nitrogens with two attached hydrogens (primary N) is 1. The Kier molecular flexibility index (Phi) is 3.95. The Balaban J connectivity index is 2.36. The fourth-order valence-corrected chi connectivity index (χ4v) is 2.12. The standard InChI is InChI=1S/C15H19N3/c1-3-11-6-8-12(9-7-11)14(17-2)13-5-4-10-18-15(13)16/h4-10,14,17H,3H2,1-2H3,(H2,16,18). The topological polar surface area (TPSA) is 50.9 Å². The second-order valence-corrected chi connectivity index (χ2v) is 4.29. The van der Waals surface area contributed by atoms with Crippen molar-refractivity contribution in [2.45, 2.75) is 19.4 Å². The van der Waals surface area contributed by atoms with Gasteiger partial charge in [-0.25, -0.2) is 4.98 Å². The number of benzene rings is 1. The minimum Gasteiger partial charge on any atom is -0.383 e. The van der Waals surface area contributed by atoms with Crippen LogP contribution in [0.1, 0.15) is 29.7 Å². The number of rotatable bonds is 4. The molecule has 0 amide bonds. The Morgan fingerprint density at radius 3 is 2.50 bits per heavy atom. The lowest BCUT2D eigenvalue weighted by Gasteiger charge is -2.18. The van der Waals surface area contributed by atoms with E-state index in [4.69, 9.17) is 5.73 Å². The molecule has 1 aromatic carbocycles. The molecule has 0 saturated carbocycles. The van der Waals surface area contributed by atoms with Crippen molar-refractivity contribution in [3.8, 4) is 0 Å². The Morgan fingerprint density at radius 1 is 1.22 bits per heavy atom. The van der Waals surface area contributed by atoms with Gasteiger partial charge in [0.15, 0.2) is 0 Å². The quantitative estimate of drug-likeness (QED) is 0.865. The number of nitrogens with one attached hydrogen (secondary N) is 1. The van der Waals surface area contributed by atoms with E-state index < -0.39 is 0 Å². The van der Waals surface area contributed by atoms with E-state index in [2.05, 4.69) is 41.5 Å². The molecule has 0 fully saturated rings. The molecule has 0 spiro atoms. The molecular formula is C15H19N3. The average molecular weight is 241 g/mol. The van der Waals surface area contributed by atoms with Gasteiger partial charge < -0.3 is 11.1 Å². The first-order valence-electron chi connectivity index (χ1n) is 6.22. The fraction of sp³-hybridized carbons (Fsp3) is 0.267. The minimum absolute atomic E-state index is 0.0876. The maximum atomic E-state index is 5.94. The zero-order valence-corrected chi connectivity index (χ0v) is 10.9. The summed E-state index contributed by atoms with van der Waals surface area (Å²) in [6, 6.07) is 12.6. The molecule has 3 nitrogen and oxygen atoms in total. The molecule has 94 valence electrons. The first kappa shape index (κ1) is 12.6. The van der Waals surface area contributed by atoms with E-state index in [1.165, 1.54) is 11.1 Å². The summed E-state index contributed by atoms with van der Waals surface area (Å²) in [5.41, 5.74) is 9.50. The van der Waals surface area contributed by atoms with Crippen molar-refractivity contribution in [2.75, 3.05) is 12.8 Å². The molecule has 3 N–H and O–H groups in total. The Morgan fingerprint density at radius 2 is 1.94 bits per heavy atom. The molecule has 3 heteroatoms. The van der Waals surface area contributed by atoms with Crippen molar-refractivity contribution in [2.24, 2.45) is 0 Å². The number of aromatic nitrogens is 1. The third-order valence-corrected chi connectivity index (χ3v) is 3.19. The molecule has 1 unspecified atom stereocenters. The second kappa shape index (κ2) is 5.65. The first-order valence-corrected chi connectivity index (χ1v) is 6.22. The van der Waals surface area contributed by atoms with Crippen LogP contribution >= 0.6 is 0 Å². The van der Waals surface area contributed by atoms with Crippen molar-refractivity contribution in [3.05, 3.63) is 59.3 Å². The van der Waals surface area contributed by atoms with Crippen LogP contribution in [0.4, 0.5) is 5.82 Å². The van der Waals surface area contributed by atoms with Gasteiger partial charge in [0.1, 0.15) is 5.82 Å². The predicted octanol–water partition coefficient (Wildman–Crippen LogP) is 2.54. The Labute approximate surface area is 108 Å². The largest absolute Gasteiger partial charge is 0.383 e. The summed E-state index contributed by atoms with van der Waals surface area (Å²) in [7, 11) is 1.94. The van der Waals surface area contributed by atoms with Crippen LogP contribution in [0.5, 0.6) is 0 Å². The maximum absolute atomic E-state index is 5.94. The maximum Gasteiger partial charge on any atom is 0.128 e. The predicted molar refractivity (Wildman–Crippen MR) is 75.4 cm³/mol. The van der Waals surface area contributed by atoms with Gasteiger partial charge in [-0.3, -0.25) is 0 Å². The average Bonchev–Trinajstić information content (AvgIpc) is 2.42. The summed E-state index contributed by atoms with van der Waals surface area (Å²) < 4.78 is 0. The molecule has 2 rings (SSSR count). The molecule has 0 aliphatic carbocycles. The molecular weight excluding hydrogens is 222 g/mol. The van der Waals surface area contributed by atoms with E-state index in [1.54, 1.807) is 6.20 Å². The molecule has 0 radical (unpaired) electrons. The van der Waals surface area contributed by atoms with Crippen LogP contribution in [-0.2, 0) is 6.42 Å². The summed E-state index contributed by atoms with van der Waals surface area (Å²) in [5.74, 6) is 0.580. The van der Waals surface area contributed by atoms with Crippen molar-refractivity contribution < 1.29 is 0 Å². The smallest absolute Gasteiger partial charge is 0.128 e. The molecule has 1 heterocycles. The molecule has 0 saturated heterocycles. The minimum atomic E-state index is 0.0876. The van der Waals surface area contributed by atoms with Gasteiger partial charge in [0, 0.05) is 11.8 Å². The van der Waals surface area contributed by atoms with Crippen LogP contribution in [0.25, 0.3) is 0 Å². The van der Waals surface area contributed by atoms with Gasteiger partial charge in [-0.15, -0.1) is 0 Å². The summed E-state index contributed by atoms with van der Waals surface area (Å²) >= 11 is 0. The van der Waals surface area contributed by atoms with Gasteiger partial charge >= 0.3 is 0 Å². The van der Waals surface area contributed by atoms with Gasteiger partial charge in [0.25, 0.3) is 0 Å². The molecule has 0 bridgehead atoms. The van der Waals surface area contributed by atoms with Crippen molar-refractivity contribution in [1.82, 2.24) is 10.3 Å². The highest BCUT2D eigenvalue weighted by Crippen LogP contribution is 2.25. The normalized spacial score (nSPS) is 12.3. The summed E-state index contributed by atoms with van der Waals surface area (Å²) in [6.07, 6.45) is 2.77. The van der Waals surface area contributed by atoms with Crippen molar-refractivity contribution in [3.63, 3.8) is 0 Å². The van der Waals surface area contributed by atoms with Gasteiger partial charge in [-0.1, -0.05) is 37.3 Å². The molecule has 0 aliphatic rings. The highest BCUT2D eigenvalue weighted by atomic mass is 14.9. The van der Waals surface area contributed by atoms with Crippen LogP contribution in [0.3, 0.4) is 0 Å². The van der Waals surface area contributed by atoms with Gasteiger partial charge in [0.2, 0.25) is 0 Å². The first-order chi connectivity index (χ1) is 8.76. The Bertz CT molecular complexity index is 505. The van der Waals surface area contributed by atoms with E-state index in [-0.39, 0.29) is 6.04 Å². The van der Waals surface area contributed by atoms with Crippen molar-refractivity contribution in [1.29, 1.82) is 0 Å². The van der Waals surface area contributed by atoms with Crippen molar-refractivity contribution >= 4 is 5.82 Å². The van der Waals surface area contributed by atoms with E-state index in [0.29, 0.717) is 5.82 Å². The zero-order valence-electron chi connectivity index (χ0n) is 10.9. The van der Waals surface area contributed by atoms with Crippen LogP contribution in [0, 0.1) is 0 Å². The second-order valence-electron chi connectivity index (χ2n) is 4.29. The van der Waals surface area contributed by atoms with E-state index in [9.17, 15) is 0 Å². The van der Waals surface area contributed by atoms with Crippen LogP contribution in [-0.4, -0.2) is 12.0 Å². The number of hydrogen-bond acceptors (Lipinski definition) is 3. The van der Waals surface area contributed by atoms with Gasteiger partial charge in [-0.2, -0.15) is 0 Å². The fourth-order valence-electron chi connectivity index (χ4n) is 2.12. The molecule has 1 atom stereocenters. The van der Waals surface area contributed by atoms with Crippen LogP contribution in [0.2, 0.25) is 0 Å². The molecule has 0 aliphatic heterocycles. The number of hydrogen-bond donors (Lipinski definition) is 2. The lowest BCUT2D eigenvalue weighted by Crippen LogP contribution is -2.19. The van der Waals surface area contributed by atoms with E-state index in [0.717, 1.165) is 12.0 Å². The molecule has 2 aromatic rings. The van der Waals surface area contributed by atoms with Crippen LogP contribution < -0.4 is 11.1 Å². The molecule has 18 heavy (non-hydrogen) atoms. The summed E-state index contributed by atoms with van der Waals surface area (Å²) in [6.45, 7) is 2.16. The zero-order chi connectivity index (χ0) is 13.0. The summed E-state index contributed by atoms with van der Waals surface area (Å²) in [5, 5.41) is 3.29.